The molecule has 0 fully saturated rings. The molecule has 1 aromatic heterocycles. The van der Waals surface area contributed by atoms with Gasteiger partial charge in [-0.15, -0.1) is 0 Å². The van der Waals surface area contributed by atoms with Gasteiger partial charge in [0.15, 0.2) is 17.2 Å². The third-order valence-electron chi connectivity index (χ3n) is 2.73. The molecule has 0 radical (unpaired) electrons. The molecule has 3 rings (SSSR count). The Labute approximate surface area is 115 Å². The molecule has 0 saturated carbocycles. The number of hydrogen-bond donors (Lipinski definition) is 1. The number of nitrogens with two attached hydrogens (primary N) is 1. The average Bonchev–Trinajstić information content (AvgIpc) is 2.77. The van der Waals surface area contributed by atoms with Crippen molar-refractivity contribution in [1.29, 1.82) is 0 Å². The molecule has 20 heavy (non-hydrogen) atoms. The summed E-state index contributed by atoms with van der Waals surface area (Å²) in [6.07, 6.45) is 0. The second-order valence-electron chi connectivity index (χ2n) is 4.11. The number of oxazole rings is 1. The Hall–Kier alpha value is -2.21. The molecule has 0 spiro atoms. The van der Waals surface area contributed by atoms with Gasteiger partial charge in [0, 0.05) is 17.8 Å². The number of hydrogen-bond acceptors (Lipinski definition) is 3. The van der Waals surface area contributed by atoms with E-state index in [1.165, 1.54) is 0 Å². The maximum absolute atomic E-state index is 13.3. The summed E-state index contributed by atoms with van der Waals surface area (Å²) in [6.45, 7) is 0. The van der Waals surface area contributed by atoms with E-state index >= 15 is 0 Å². The van der Waals surface area contributed by atoms with Gasteiger partial charge >= 0.3 is 0 Å². The molecule has 0 bridgehead atoms. The summed E-state index contributed by atoms with van der Waals surface area (Å²) < 4.78 is 44.8. The molecule has 1 heterocycles. The summed E-state index contributed by atoms with van der Waals surface area (Å²) >= 11 is 5.82. The van der Waals surface area contributed by atoms with Gasteiger partial charge in [-0.2, -0.15) is 0 Å². The van der Waals surface area contributed by atoms with Crippen LogP contribution in [0.4, 0.5) is 18.9 Å². The van der Waals surface area contributed by atoms with Crippen LogP contribution in [0.25, 0.3) is 22.6 Å². The van der Waals surface area contributed by atoms with Gasteiger partial charge in [0.2, 0.25) is 5.89 Å². The van der Waals surface area contributed by atoms with Gasteiger partial charge in [-0.05, 0) is 12.1 Å². The Kier molecular flexibility index (Phi) is 2.83. The van der Waals surface area contributed by atoms with Gasteiger partial charge in [-0.25, -0.2) is 18.2 Å². The van der Waals surface area contributed by atoms with Crippen LogP contribution < -0.4 is 5.73 Å². The van der Waals surface area contributed by atoms with Crippen molar-refractivity contribution in [1.82, 2.24) is 4.98 Å². The second-order valence-corrected chi connectivity index (χ2v) is 4.52. The van der Waals surface area contributed by atoms with E-state index in [1.807, 2.05) is 0 Å². The van der Waals surface area contributed by atoms with Gasteiger partial charge < -0.3 is 10.2 Å². The van der Waals surface area contributed by atoms with Crippen LogP contribution in [0.5, 0.6) is 0 Å². The zero-order valence-electron chi connectivity index (χ0n) is 9.75. The fourth-order valence-corrected chi connectivity index (χ4v) is 2.06. The minimum Gasteiger partial charge on any atom is -0.434 e. The number of aromatic nitrogens is 1. The summed E-state index contributed by atoms with van der Waals surface area (Å²) in [5, 5.41) is 0.0277. The molecule has 102 valence electrons. The standard InChI is InChI=1S/C13H6ClF3N2O/c14-7-1-5(15)2-11-12(7)20-13(19-11)6-3-8(16)9(17)4-10(6)18/h1-4H,18H2. The van der Waals surface area contributed by atoms with E-state index in [0.717, 1.165) is 24.3 Å². The SMILES string of the molecule is Nc1cc(F)c(F)cc1-c1nc2cc(F)cc(Cl)c2o1. The quantitative estimate of drug-likeness (QED) is 0.687. The lowest BCUT2D eigenvalue weighted by atomic mass is 10.1. The molecule has 0 aliphatic heterocycles. The molecule has 0 aliphatic carbocycles. The topological polar surface area (TPSA) is 52.0 Å². The van der Waals surface area contributed by atoms with E-state index < -0.39 is 17.5 Å². The fourth-order valence-electron chi connectivity index (χ4n) is 1.82. The van der Waals surface area contributed by atoms with Gasteiger partial charge in [0.25, 0.3) is 0 Å². The first-order valence-corrected chi connectivity index (χ1v) is 5.84. The van der Waals surface area contributed by atoms with Crippen molar-refractivity contribution in [2.75, 3.05) is 5.73 Å². The molecule has 0 saturated heterocycles. The predicted molar refractivity (Wildman–Crippen MR) is 68.7 cm³/mol. The average molecular weight is 299 g/mol. The van der Waals surface area contributed by atoms with Gasteiger partial charge in [0.1, 0.15) is 11.3 Å². The number of halogens is 4. The Morgan fingerprint density at radius 3 is 2.50 bits per heavy atom. The van der Waals surface area contributed by atoms with Crippen molar-refractivity contribution < 1.29 is 17.6 Å². The summed E-state index contributed by atoms with van der Waals surface area (Å²) in [7, 11) is 0. The largest absolute Gasteiger partial charge is 0.434 e. The lowest BCUT2D eigenvalue weighted by Gasteiger charge is -2.02. The van der Waals surface area contributed by atoms with Crippen LogP contribution in [0, 0.1) is 17.5 Å². The third-order valence-corrected chi connectivity index (χ3v) is 3.01. The van der Waals surface area contributed by atoms with Crippen molar-refractivity contribution in [3.8, 4) is 11.5 Å². The number of benzene rings is 2. The first kappa shape index (κ1) is 12.8. The van der Waals surface area contributed by atoms with E-state index in [2.05, 4.69) is 4.98 Å². The van der Waals surface area contributed by atoms with Crippen molar-refractivity contribution in [3.05, 3.63) is 46.7 Å². The second kappa shape index (κ2) is 4.42. The van der Waals surface area contributed by atoms with Crippen molar-refractivity contribution in [2.24, 2.45) is 0 Å². The van der Waals surface area contributed by atoms with Crippen LogP contribution in [-0.2, 0) is 0 Å². The van der Waals surface area contributed by atoms with E-state index in [4.69, 9.17) is 21.8 Å². The maximum Gasteiger partial charge on any atom is 0.229 e. The minimum atomic E-state index is -1.09. The predicted octanol–water partition coefficient (Wildman–Crippen LogP) is 4.15. The number of fused-ring (bicyclic) bond motifs is 1. The van der Waals surface area contributed by atoms with Gasteiger partial charge in [0.05, 0.1) is 10.6 Å². The zero-order valence-corrected chi connectivity index (χ0v) is 10.5. The molecule has 3 nitrogen and oxygen atoms in total. The number of nitrogens with zero attached hydrogens (tertiary/aromatic N) is 1. The highest BCUT2D eigenvalue weighted by Gasteiger charge is 2.17. The van der Waals surface area contributed by atoms with Crippen LogP contribution >= 0.6 is 11.6 Å². The summed E-state index contributed by atoms with van der Waals surface area (Å²) in [4.78, 5) is 3.98. The molecule has 3 aromatic rings. The third kappa shape index (κ3) is 1.98. The number of anilines is 1. The Morgan fingerprint density at radius 2 is 1.75 bits per heavy atom. The van der Waals surface area contributed by atoms with Crippen LogP contribution in [0.3, 0.4) is 0 Å². The lowest BCUT2D eigenvalue weighted by Crippen LogP contribution is -1.94. The monoisotopic (exact) mass is 298 g/mol. The summed E-state index contributed by atoms with van der Waals surface area (Å²) in [5.74, 6) is -2.82. The smallest absolute Gasteiger partial charge is 0.229 e. The fraction of sp³-hybridized carbons (Fsp3) is 0. The zero-order chi connectivity index (χ0) is 14.4. The highest BCUT2D eigenvalue weighted by molar-refractivity contribution is 6.34. The van der Waals surface area contributed by atoms with Crippen molar-refractivity contribution >= 4 is 28.4 Å². The molecule has 0 aliphatic rings. The normalized spacial score (nSPS) is 11.2. The highest BCUT2D eigenvalue weighted by Crippen LogP contribution is 2.33. The van der Waals surface area contributed by atoms with Crippen LogP contribution in [-0.4, -0.2) is 4.98 Å². The Morgan fingerprint density at radius 1 is 1.05 bits per heavy atom. The molecule has 0 atom stereocenters. The van der Waals surface area contributed by atoms with Gasteiger partial charge in [-0.3, -0.25) is 0 Å². The van der Waals surface area contributed by atoms with Crippen LogP contribution in [0.2, 0.25) is 5.02 Å². The molecular formula is C13H6ClF3N2O. The molecule has 7 heteroatoms. The number of rotatable bonds is 1. The first-order chi connectivity index (χ1) is 9.45. The molecule has 2 N–H and O–H groups in total. The van der Waals surface area contributed by atoms with E-state index in [-0.39, 0.29) is 33.3 Å². The minimum absolute atomic E-state index is 0.0277. The van der Waals surface area contributed by atoms with E-state index in [9.17, 15) is 13.2 Å². The summed E-state index contributed by atoms with van der Waals surface area (Å²) in [5.41, 5.74) is 5.92. The molecule has 0 amide bonds. The van der Waals surface area contributed by atoms with Crippen molar-refractivity contribution in [3.63, 3.8) is 0 Å². The Balaban J connectivity index is 2.25. The lowest BCUT2D eigenvalue weighted by molar-refractivity contribution is 0.508. The maximum atomic E-state index is 13.3. The molecule has 0 unspecified atom stereocenters. The first-order valence-electron chi connectivity index (χ1n) is 5.46. The van der Waals surface area contributed by atoms with Gasteiger partial charge in [-0.1, -0.05) is 11.6 Å². The summed E-state index contributed by atoms with van der Waals surface area (Å²) in [6, 6.07) is 3.86. The van der Waals surface area contributed by atoms with E-state index in [1.54, 1.807) is 0 Å². The highest BCUT2D eigenvalue weighted by atomic mass is 35.5. The molecular weight excluding hydrogens is 293 g/mol. The van der Waals surface area contributed by atoms with Crippen LogP contribution in [0.1, 0.15) is 0 Å². The van der Waals surface area contributed by atoms with E-state index in [0.29, 0.717) is 0 Å². The Bertz CT molecular complexity index is 832. The van der Waals surface area contributed by atoms with Crippen molar-refractivity contribution in [2.45, 2.75) is 0 Å². The van der Waals surface area contributed by atoms with Crippen LogP contribution in [0.15, 0.2) is 28.7 Å². The number of nitrogen functional groups attached to an aromatic ring is 1. The molecule has 2 aromatic carbocycles.